The summed E-state index contributed by atoms with van der Waals surface area (Å²) >= 11 is 0. The van der Waals surface area contributed by atoms with Crippen LogP contribution in [0.1, 0.15) is 24.5 Å². The number of phenols is 1. The zero-order valence-electron chi connectivity index (χ0n) is 9.60. The Bertz CT molecular complexity index is 473. The molecule has 0 saturated heterocycles. The van der Waals surface area contributed by atoms with E-state index in [1.165, 1.54) is 13.0 Å². The van der Waals surface area contributed by atoms with Gasteiger partial charge in [-0.25, -0.2) is 0 Å². The number of nitriles is 1. The summed E-state index contributed by atoms with van der Waals surface area (Å²) in [5.74, 6) is -0.0640. The van der Waals surface area contributed by atoms with Gasteiger partial charge >= 0.3 is 0 Å². The molecule has 0 radical (unpaired) electrons. The number of nitrogens with zero attached hydrogens (tertiary/aromatic N) is 1. The molecule has 17 heavy (non-hydrogen) atoms. The molecule has 1 aromatic carbocycles. The van der Waals surface area contributed by atoms with Crippen LogP contribution in [0.4, 0.5) is 0 Å². The molecule has 0 spiro atoms. The van der Waals surface area contributed by atoms with Gasteiger partial charge in [-0.05, 0) is 24.1 Å². The first-order valence-corrected chi connectivity index (χ1v) is 5.27. The number of aromatic hydroxyl groups is 1. The van der Waals surface area contributed by atoms with Crippen molar-refractivity contribution in [2.45, 2.75) is 13.3 Å². The molecule has 4 nitrogen and oxygen atoms in total. The number of benzene rings is 1. The molecule has 0 aromatic heterocycles. The maximum Gasteiger partial charge on any atom is 0.216 e. The monoisotopic (exact) mass is 230 g/mol. The normalized spacial score (nSPS) is 10.1. The maximum atomic E-state index is 10.6. The molecule has 0 fully saturated rings. The molecule has 0 unspecified atom stereocenters. The molecule has 1 amide bonds. The first-order chi connectivity index (χ1) is 8.13. The number of amides is 1. The summed E-state index contributed by atoms with van der Waals surface area (Å²) in [4.78, 5) is 10.6. The van der Waals surface area contributed by atoms with Crippen molar-refractivity contribution in [3.63, 3.8) is 0 Å². The third kappa shape index (κ3) is 4.39. The molecule has 1 aromatic rings. The van der Waals surface area contributed by atoms with Crippen LogP contribution in [-0.4, -0.2) is 17.6 Å². The molecule has 0 aliphatic carbocycles. The summed E-state index contributed by atoms with van der Waals surface area (Å²) in [6.45, 7) is 2.07. The molecule has 0 saturated carbocycles. The minimum Gasteiger partial charge on any atom is -0.507 e. The SMILES string of the molecule is CC(=O)NCCC=Cc1ccc(C#N)c(O)c1. The van der Waals surface area contributed by atoms with Crippen LogP contribution in [0.25, 0.3) is 6.08 Å². The Labute approximate surface area is 100 Å². The van der Waals surface area contributed by atoms with Crippen LogP contribution in [-0.2, 0) is 4.79 Å². The fourth-order valence-electron chi connectivity index (χ4n) is 1.30. The van der Waals surface area contributed by atoms with E-state index in [0.29, 0.717) is 6.54 Å². The highest BCUT2D eigenvalue weighted by molar-refractivity contribution is 5.72. The van der Waals surface area contributed by atoms with Crippen molar-refractivity contribution >= 4 is 12.0 Å². The fraction of sp³-hybridized carbons (Fsp3) is 0.231. The second kappa shape index (κ2) is 6.33. The van der Waals surface area contributed by atoms with Gasteiger partial charge < -0.3 is 10.4 Å². The van der Waals surface area contributed by atoms with Crippen molar-refractivity contribution in [1.82, 2.24) is 5.32 Å². The van der Waals surface area contributed by atoms with Crippen LogP contribution >= 0.6 is 0 Å². The van der Waals surface area contributed by atoms with E-state index in [-0.39, 0.29) is 17.2 Å². The maximum absolute atomic E-state index is 10.6. The Morgan fingerprint density at radius 1 is 1.59 bits per heavy atom. The smallest absolute Gasteiger partial charge is 0.216 e. The average molecular weight is 230 g/mol. The van der Waals surface area contributed by atoms with Crippen LogP contribution < -0.4 is 5.32 Å². The summed E-state index contributed by atoms with van der Waals surface area (Å²) in [5, 5.41) is 20.8. The molecule has 4 heteroatoms. The number of carbonyl (C=O) groups is 1. The standard InChI is InChI=1S/C13H14N2O2/c1-10(16)15-7-3-2-4-11-5-6-12(9-14)13(17)8-11/h2,4-6,8,17H,3,7H2,1H3,(H,15,16). The van der Waals surface area contributed by atoms with Crippen LogP contribution in [0.5, 0.6) is 5.75 Å². The number of rotatable bonds is 4. The lowest BCUT2D eigenvalue weighted by molar-refractivity contribution is -0.118. The van der Waals surface area contributed by atoms with Gasteiger partial charge in [0.15, 0.2) is 0 Å². The Hall–Kier alpha value is -2.28. The quantitative estimate of drug-likeness (QED) is 0.775. The lowest BCUT2D eigenvalue weighted by atomic mass is 10.1. The first kappa shape index (κ1) is 12.8. The van der Waals surface area contributed by atoms with Gasteiger partial charge in [0.2, 0.25) is 5.91 Å². The van der Waals surface area contributed by atoms with Crippen molar-refractivity contribution in [1.29, 1.82) is 5.26 Å². The van der Waals surface area contributed by atoms with Crippen LogP contribution in [0.2, 0.25) is 0 Å². The molecule has 0 aliphatic rings. The van der Waals surface area contributed by atoms with Crippen LogP contribution in [0.3, 0.4) is 0 Å². The summed E-state index contributed by atoms with van der Waals surface area (Å²) in [6, 6.07) is 6.75. The van der Waals surface area contributed by atoms with Gasteiger partial charge in [-0.15, -0.1) is 0 Å². The topological polar surface area (TPSA) is 73.1 Å². The van der Waals surface area contributed by atoms with Crippen molar-refractivity contribution in [2.75, 3.05) is 6.54 Å². The lowest BCUT2D eigenvalue weighted by Gasteiger charge is -1.99. The Kier molecular flexibility index (Phi) is 4.77. The number of hydrogen-bond acceptors (Lipinski definition) is 3. The highest BCUT2D eigenvalue weighted by Crippen LogP contribution is 2.18. The summed E-state index contributed by atoms with van der Waals surface area (Å²) in [5.41, 5.74) is 1.09. The van der Waals surface area contributed by atoms with Gasteiger partial charge in [-0.2, -0.15) is 5.26 Å². The Morgan fingerprint density at radius 3 is 2.94 bits per heavy atom. The largest absolute Gasteiger partial charge is 0.507 e. The summed E-state index contributed by atoms with van der Waals surface area (Å²) < 4.78 is 0. The van der Waals surface area contributed by atoms with Crippen molar-refractivity contribution in [2.24, 2.45) is 0 Å². The second-order valence-electron chi connectivity index (χ2n) is 3.56. The number of phenolic OH excluding ortho intramolecular Hbond substituents is 1. The predicted molar refractivity (Wildman–Crippen MR) is 65.2 cm³/mol. The molecule has 0 bridgehead atoms. The zero-order valence-corrected chi connectivity index (χ0v) is 9.60. The van der Waals surface area contributed by atoms with E-state index in [2.05, 4.69) is 5.32 Å². The van der Waals surface area contributed by atoms with E-state index < -0.39 is 0 Å². The third-order valence-corrected chi connectivity index (χ3v) is 2.14. The summed E-state index contributed by atoms with van der Waals surface area (Å²) in [6.07, 6.45) is 4.46. The third-order valence-electron chi connectivity index (χ3n) is 2.14. The highest BCUT2D eigenvalue weighted by atomic mass is 16.3. The molecule has 88 valence electrons. The van der Waals surface area contributed by atoms with E-state index in [9.17, 15) is 9.90 Å². The van der Waals surface area contributed by atoms with Crippen molar-refractivity contribution in [3.05, 3.63) is 35.4 Å². The number of carbonyl (C=O) groups excluding carboxylic acids is 1. The van der Waals surface area contributed by atoms with Gasteiger partial charge in [0.05, 0.1) is 5.56 Å². The fourth-order valence-corrected chi connectivity index (χ4v) is 1.30. The number of nitrogens with one attached hydrogen (secondary N) is 1. The minimum atomic E-state index is -0.0468. The zero-order chi connectivity index (χ0) is 12.7. The van der Waals surface area contributed by atoms with E-state index >= 15 is 0 Å². The van der Waals surface area contributed by atoms with Gasteiger partial charge in [0.25, 0.3) is 0 Å². The van der Waals surface area contributed by atoms with Gasteiger partial charge in [0, 0.05) is 13.5 Å². The van der Waals surface area contributed by atoms with Crippen molar-refractivity contribution in [3.8, 4) is 11.8 Å². The molecule has 1 rings (SSSR count). The average Bonchev–Trinajstić information content (AvgIpc) is 2.28. The molecule has 0 aliphatic heterocycles. The predicted octanol–water partition coefficient (Wildman–Crippen LogP) is 1.80. The van der Waals surface area contributed by atoms with Gasteiger partial charge in [-0.3, -0.25) is 4.79 Å². The molecule has 2 N–H and O–H groups in total. The highest BCUT2D eigenvalue weighted by Gasteiger charge is 1.98. The molecular weight excluding hydrogens is 216 g/mol. The van der Waals surface area contributed by atoms with Crippen LogP contribution in [0.15, 0.2) is 24.3 Å². The van der Waals surface area contributed by atoms with E-state index in [4.69, 9.17) is 5.26 Å². The van der Waals surface area contributed by atoms with E-state index in [1.807, 2.05) is 18.2 Å². The van der Waals surface area contributed by atoms with E-state index in [0.717, 1.165) is 12.0 Å². The van der Waals surface area contributed by atoms with Gasteiger partial charge in [0.1, 0.15) is 11.8 Å². The van der Waals surface area contributed by atoms with Gasteiger partial charge in [-0.1, -0.05) is 18.2 Å². The molecule has 0 heterocycles. The van der Waals surface area contributed by atoms with E-state index in [1.54, 1.807) is 12.1 Å². The Morgan fingerprint density at radius 2 is 2.35 bits per heavy atom. The second-order valence-corrected chi connectivity index (χ2v) is 3.56. The summed E-state index contributed by atoms with van der Waals surface area (Å²) in [7, 11) is 0. The van der Waals surface area contributed by atoms with Crippen molar-refractivity contribution < 1.29 is 9.90 Å². The Balaban J connectivity index is 2.52. The number of hydrogen-bond donors (Lipinski definition) is 2. The molecule has 0 atom stereocenters. The lowest BCUT2D eigenvalue weighted by Crippen LogP contribution is -2.20. The minimum absolute atomic E-state index is 0.0171. The van der Waals surface area contributed by atoms with Crippen LogP contribution in [0, 0.1) is 11.3 Å². The molecular formula is C13H14N2O2. The first-order valence-electron chi connectivity index (χ1n) is 5.27.